The molecule has 1 aliphatic rings. The molecule has 0 aliphatic carbocycles. The first kappa shape index (κ1) is 17.7. The molecule has 4 amide bonds. The highest BCUT2D eigenvalue weighted by Crippen LogP contribution is 2.36. The molecule has 2 N–H and O–H groups in total. The van der Waals surface area contributed by atoms with Crippen molar-refractivity contribution in [3.05, 3.63) is 40.4 Å². The molecule has 24 heavy (non-hydrogen) atoms. The van der Waals surface area contributed by atoms with Crippen LogP contribution in [0.1, 0.15) is 12.5 Å². The number of aromatic hydroxyl groups is 1. The van der Waals surface area contributed by atoms with Crippen molar-refractivity contribution in [2.75, 3.05) is 13.2 Å². The summed E-state index contributed by atoms with van der Waals surface area (Å²) < 4.78 is 5.66. The number of phenols is 1. The van der Waals surface area contributed by atoms with Gasteiger partial charge in [-0.05, 0) is 46.6 Å². The number of rotatable bonds is 5. The number of ether oxygens (including phenoxy) is 1. The largest absolute Gasteiger partial charge is 0.503 e. The number of nitrogens with zero attached hydrogens (tertiary/aromatic N) is 1. The number of hydrogen-bond donors (Lipinski definition) is 2. The number of urea groups is 1. The second kappa shape index (κ2) is 7.31. The second-order valence-electron chi connectivity index (χ2n) is 4.80. The highest BCUT2D eigenvalue weighted by atomic mass is 79.9. The van der Waals surface area contributed by atoms with Crippen LogP contribution in [0.15, 0.2) is 34.8 Å². The van der Waals surface area contributed by atoms with Crippen molar-refractivity contribution in [3.63, 3.8) is 0 Å². The van der Waals surface area contributed by atoms with Gasteiger partial charge in [0.15, 0.2) is 11.5 Å². The summed E-state index contributed by atoms with van der Waals surface area (Å²) in [5.74, 6) is -1.37. The van der Waals surface area contributed by atoms with Gasteiger partial charge in [0.1, 0.15) is 5.57 Å². The van der Waals surface area contributed by atoms with Crippen molar-refractivity contribution in [3.8, 4) is 11.5 Å². The smallest absolute Gasteiger partial charge is 0.331 e. The van der Waals surface area contributed by atoms with Crippen LogP contribution in [0.5, 0.6) is 11.5 Å². The third kappa shape index (κ3) is 3.48. The van der Waals surface area contributed by atoms with Gasteiger partial charge >= 0.3 is 6.03 Å². The summed E-state index contributed by atoms with van der Waals surface area (Å²) in [4.78, 5) is 36.9. The normalized spacial score (nSPS) is 16.3. The van der Waals surface area contributed by atoms with E-state index in [-0.39, 0.29) is 23.6 Å². The van der Waals surface area contributed by atoms with E-state index in [2.05, 4.69) is 27.8 Å². The van der Waals surface area contributed by atoms with Gasteiger partial charge in [0.05, 0.1) is 11.1 Å². The second-order valence-corrected chi connectivity index (χ2v) is 5.66. The van der Waals surface area contributed by atoms with Crippen molar-refractivity contribution in [2.45, 2.75) is 6.92 Å². The SMILES string of the molecule is C=CCN1C(=O)NC(=O)/C(=C\c2cc(Br)c(O)c(OCC)c2)C1=O. The summed E-state index contributed by atoms with van der Waals surface area (Å²) >= 11 is 3.19. The first-order valence-corrected chi connectivity index (χ1v) is 7.83. The van der Waals surface area contributed by atoms with E-state index in [1.165, 1.54) is 24.3 Å². The number of barbiturate groups is 1. The standard InChI is InChI=1S/C16H15BrN2O5/c1-3-5-19-15(22)10(14(21)18-16(19)23)6-9-7-11(17)13(20)12(8-9)24-4-2/h3,6-8,20H,1,4-5H2,2H3,(H,18,21,23)/b10-6+. The first-order valence-electron chi connectivity index (χ1n) is 7.04. The van der Waals surface area contributed by atoms with Crippen molar-refractivity contribution in [1.82, 2.24) is 10.2 Å². The minimum absolute atomic E-state index is 0.0151. The summed E-state index contributed by atoms with van der Waals surface area (Å²) in [6.07, 6.45) is 2.71. The number of phenolic OH excluding ortho intramolecular Hbond substituents is 1. The lowest BCUT2D eigenvalue weighted by Gasteiger charge is -2.25. The number of imide groups is 2. The van der Waals surface area contributed by atoms with E-state index in [0.29, 0.717) is 16.6 Å². The molecular weight excluding hydrogens is 380 g/mol. The fourth-order valence-electron chi connectivity index (χ4n) is 2.10. The Balaban J connectivity index is 2.45. The van der Waals surface area contributed by atoms with Gasteiger partial charge in [-0.25, -0.2) is 4.79 Å². The number of amides is 4. The van der Waals surface area contributed by atoms with Crippen LogP contribution in [0.2, 0.25) is 0 Å². The average Bonchev–Trinajstić information content (AvgIpc) is 2.53. The van der Waals surface area contributed by atoms with Crippen LogP contribution in [0.4, 0.5) is 4.79 Å². The molecule has 0 saturated carbocycles. The van der Waals surface area contributed by atoms with E-state index < -0.39 is 17.8 Å². The molecule has 0 bridgehead atoms. The van der Waals surface area contributed by atoms with Crippen LogP contribution >= 0.6 is 15.9 Å². The van der Waals surface area contributed by atoms with Crippen molar-refractivity contribution >= 4 is 39.9 Å². The summed E-state index contributed by atoms with van der Waals surface area (Å²) in [5, 5.41) is 12.0. The molecule has 2 rings (SSSR count). The van der Waals surface area contributed by atoms with Crippen molar-refractivity contribution < 1.29 is 24.2 Å². The number of hydrogen-bond acceptors (Lipinski definition) is 5. The van der Waals surface area contributed by atoms with Crippen LogP contribution < -0.4 is 10.1 Å². The molecule has 1 heterocycles. The molecule has 126 valence electrons. The Morgan fingerprint density at radius 2 is 2.08 bits per heavy atom. The Morgan fingerprint density at radius 3 is 2.71 bits per heavy atom. The maximum Gasteiger partial charge on any atom is 0.331 e. The highest BCUT2D eigenvalue weighted by molar-refractivity contribution is 9.10. The molecule has 1 aromatic rings. The van der Waals surface area contributed by atoms with Crippen LogP contribution in [0.25, 0.3) is 6.08 Å². The van der Waals surface area contributed by atoms with Gasteiger partial charge in [0.25, 0.3) is 11.8 Å². The van der Waals surface area contributed by atoms with Crippen LogP contribution in [-0.2, 0) is 9.59 Å². The van der Waals surface area contributed by atoms with E-state index in [0.717, 1.165) is 4.90 Å². The van der Waals surface area contributed by atoms with Crippen LogP contribution in [0, 0.1) is 0 Å². The summed E-state index contributed by atoms with van der Waals surface area (Å²) in [5.41, 5.74) is 0.256. The number of benzene rings is 1. The number of carbonyl (C=O) groups excluding carboxylic acids is 3. The highest BCUT2D eigenvalue weighted by Gasteiger charge is 2.34. The monoisotopic (exact) mass is 394 g/mol. The summed E-state index contributed by atoms with van der Waals surface area (Å²) in [6.45, 7) is 5.55. The molecule has 0 atom stereocenters. The van der Waals surface area contributed by atoms with Gasteiger partial charge in [-0.3, -0.25) is 19.8 Å². The Labute approximate surface area is 146 Å². The molecular formula is C16H15BrN2O5. The Bertz CT molecular complexity index is 757. The minimum atomic E-state index is -0.788. The molecule has 7 nitrogen and oxygen atoms in total. The van der Waals surface area contributed by atoms with E-state index in [9.17, 15) is 19.5 Å². The van der Waals surface area contributed by atoms with E-state index in [1.54, 1.807) is 6.92 Å². The molecule has 0 unspecified atom stereocenters. The zero-order valence-electron chi connectivity index (χ0n) is 12.8. The van der Waals surface area contributed by atoms with Gasteiger partial charge in [0.2, 0.25) is 0 Å². The van der Waals surface area contributed by atoms with Gasteiger partial charge in [-0.15, -0.1) is 6.58 Å². The zero-order valence-corrected chi connectivity index (χ0v) is 14.4. The maximum absolute atomic E-state index is 12.3. The van der Waals surface area contributed by atoms with Gasteiger partial charge in [0, 0.05) is 6.54 Å². The molecule has 0 aromatic heterocycles. The predicted molar refractivity (Wildman–Crippen MR) is 90.4 cm³/mol. The summed E-state index contributed by atoms with van der Waals surface area (Å²) in [6, 6.07) is 2.23. The predicted octanol–water partition coefficient (Wildman–Crippen LogP) is 2.20. The lowest BCUT2D eigenvalue weighted by molar-refractivity contribution is -0.129. The minimum Gasteiger partial charge on any atom is -0.503 e. The molecule has 1 saturated heterocycles. The third-order valence-electron chi connectivity index (χ3n) is 3.16. The first-order chi connectivity index (χ1) is 11.4. The van der Waals surface area contributed by atoms with E-state index in [1.807, 2.05) is 0 Å². The fourth-order valence-corrected chi connectivity index (χ4v) is 2.56. The molecule has 0 spiro atoms. The summed E-state index contributed by atoms with van der Waals surface area (Å²) in [7, 11) is 0. The Hall–Kier alpha value is -2.61. The molecule has 1 aliphatic heterocycles. The van der Waals surface area contributed by atoms with Gasteiger partial charge in [-0.2, -0.15) is 0 Å². The third-order valence-corrected chi connectivity index (χ3v) is 3.76. The van der Waals surface area contributed by atoms with Crippen LogP contribution in [-0.4, -0.2) is 41.0 Å². The maximum atomic E-state index is 12.3. The molecule has 1 fully saturated rings. The lowest BCUT2D eigenvalue weighted by atomic mass is 10.1. The van der Waals surface area contributed by atoms with Gasteiger partial charge < -0.3 is 9.84 Å². The van der Waals surface area contributed by atoms with Gasteiger partial charge in [-0.1, -0.05) is 6.08 Å². The lowest BCUT2D eigenvalue weighted by Crippen LogP contribution is -2.54. The number of nitrogens with one attached hydrogen (secondary N) is 1. The average molecular weight is 395 g/mol. The Morgan fingerprint density at radius 1 is 1.38 bits per heavy atom. The quantitative estimate of drug-likeness (QED) is 0.453. The number of carbonyl (C=O) groups is 3. The number of halogens is 1. The van der Waals surface area contributed by atoms with Crippen LogP contribution in [0.3, 0.4) is 0 Å². The molecule has 0 radical (unpaired) electrons. The van der Waals surface area contributed by atoms with E-state index >= 15 is 0 Å². The molecule has 1 aromatic carbocycles. The topological polar surface area (TPSA) is 95.9 Å². The van der Waals surface area contributed by atoms with Crippen molar-refractivity contribution in [2.24, 2.45) is 0 Å². The molecule has 8 heteroatoms. The fraction of sp³-hybridized carbons (Fsp3) is 0.188. The van der Waals surface area contributed by atoms with Crippen molar-refractivity contribution in [1.29, 1.82) is 0 Å². The van der Waals surface area contributed by atoms with E-state index in [4.69, 9.17) is 4.74 Å². The Kier molecular flexibility index (Phi) is 5.40. The zero-order chi connectivity index (χ0) is 17.9.